The summed E-state index contributed by atoms with van der Waals surface area (Å²) in [5.41, 5.74) is 0.861. The van der Waals surface area contributed by atoms with E-state index in [1.54, 1.807) is 13.2 Å². The number of phenols is 2. The second-order valence-electron chi connectivity index (χ2n) is 13.0. The van der Waals surface area contributed by atoms with E-state index in [0.29, 0.717) is 12.6 Å². The third-order valence-corrected chi connectivity index (χ3v) is 9.81. The van der Waals surface area contributed by atoms with Gasteiger partial charge in [0.05, 0.1) is 12.2 Å². The summed E-state index contributed by atoms with van der Waals surface area (Å²) in [5, 5.41) is 32.7. The van der Waals surface area contributed by atoms with Gasteiger partial charge in [0.1, 0.15) is 0 Å². The topological polar surface area (TPSA) is 73.2 Å². The molecule has 1 saturated carbocycles. The molecule has 5 nitrogen and oxygen atoms in total. The van der Waals surface area contributed by atoms with Gasteiger partial charge < -0.3 is 25.0 Å². The highest BCUT2D eigenvalue weighted by molar-refractivity contribution is 5.53. The molecule has 0 aliphatic heterocycles. The minimum absolute atomic E-state index is 0.0169. The van der Waals surface area contributed by atoms with Gasteiger partial charge in [-0.15, -0.1) is 12.8 Å². The monoisotopic (exact) mass is 545 g/mol. The Morgan fingerprint density at radius 3 is 2.08 bits per heavy atom. The fourth-order valence-electron chi connectivity index (χ4n) is 6.04. The average Bonchev–Trinajstić information content (AvgIpc) is 3.73. The molecular weight excluding hydrogens is 486 g/mol. The summed E-state index contributed by atoms with van der Waals surface area (Å²) < 4.78 is 5.55. The van der Waals surface area contributed by atoms with Crippen LogP contribution in [0.25, 0.3) is 0 Å². The van der Waals surface area contributed by atoms with Crippen molar-refractivity contribution in [3.63, 3.8) is 0 Å². The number of phenolic OH excluding ortho intramolecular Hbond substituents is 2. The standard InChI is InChI=1S/C32H57NO4.C2H2/c1-10-25-16-18-27(34)29(35)28(25)32(11-2,12-3)19-20-33(21-24-14-15-24)23(4)13-17-26(22-37-9)31(8,36)30(5,6)7;1-2/h16,18,23-24,26,34-36H,10-15,17,19-22H2,1-9H3;1-2H/t23?,26?,31-;/m0./s1. The second kappa shape index (κ2) is 15.3. The Labute approximate surface area is 240 Å². The molecule has 0 amide bonds. The van der Waals surface area contributed by atoms with Gasteiger partial charge in [-0.2, -0.15) is 0 Å². The lowest BCUT2D eigenvalue weighted by molar-refractivity contribution is -0.111. The van der Waals surface area contributed by atoms with Crippen molar-refractivity contribution in [2.45, 2.75) is 124 Å². The number of aryl methyl sites for hydroxylation is 1. The molecule has 1 aromatic rings. The predicted octanol–water partition coefficient (Wildman–Crippen LogP) is 7.30. The summed E-state index contributed by atoms with van der Waals surface area (Å²) in [6.45, 7) is 19.8. The van der Waals surface area contributed by atoms with E-state index >= 15 is 0 Å². The molecule has 1 aliphatic rings. The molecule has 0 radical (unpaired) electrons. The molecule has 5 heteroatoms. The van der Waals surface area contributed by atoms with Crippen molar-refractivity contribution in [1.29, 1.82) is 0 Å². The Kier molecular flexibility index (Phi) is 13.9. The average molecular weight is 546 g/mol. The smallest absolute Gasteiger partial charge is 0.161 e. The van der Waals surface area contributed by atoms with Gasteiger partial charge in [0.25, 0.3) is 0 Å². The van der Waals surface area contributed by atoms with E-state index in [9.17, 15) is 15.3 Å². The number of benzene rings is 1. The minimum atomic E-state index is -0.812. The van der Waals surface area contributed by atoms with E-state index in [1.165, 1.54) is 12.8 Å². The Balaban J connectivity index is 0.00000371. The van der Waals surface area contributed by atoms with Crippen molar-refractivity contribution in [1.82, 2.24) is 4.90 Å². The van der Waals surface area contributed by atoms with Gasteiger partial charge in [0.2, 0.25) is 0 Å². The van der Waals surface area contributed by atoms with Crippen LogP contribution < -0.4 is 0 Å². The highest BCUT2D eigenvalue weighted by atomic mass is 16.5. The second-order valence-corrected chi connectivity index (χ2v) is 13.0. The van der Waals surface area contributed by atoms with E-state index < -0.39 is 5.60 Å². The maximum absolute atomic E-state index is 11.4. The van der Waals surface area contributed by atoms with Crippen LogP contribution in [0.5, 0.6) is 11.5 Å². The molecule has 3 N–H and O–H groups in total. The number of hydrogen-bond donors (Lipinski definition) is 3. The predicted molar refractivity (Wildman–Crippen MR) is 164 cm³/mol. The summed E-state index contributed by atoms with van der Waals surface area (Å²) >= 11 is 0. The summed E-state index contributed by atoms with van der Waals surface area (Å²) in [6, 6.07) is 4.00. The van der Waals surface area contributed by atoms with Crippen molar-refractivity contribution in [2.24, 2.45) is 17.3 Å². The zero-order chi connectivity index (χ0) is 30.0. The lowest BCUT2D eigenvalue weighted by atomic mass is 9.68. The lowest BCUT2D eigenvalue weighted by Gasteiger charge is -2.44. The molecular formula is C34H59NO4. The Bertz CT molecular complexity index is 877. The van der Waals surface area contributed by atoms with E-state index in [0.717, 1.165) is 68.7 Å². The van der Waals surface area contributed by atoms with Gasteiger partial charge in [0, 0.05) is 36.6 Å². The zero-order valence-corrected chi connectivity index (χ0v) is 26.5. The summed E-state index contributed by atoms with van der Waals surface area (Å²) in [7, 11) is 1.73. The first-order chi connectivity index (χ1) is 18.3. The van der Waals surface area contributed by atoms with Crippen LogP contribution in [0, 0.1) is 30.1 Å². The third-order valence-electron chi connectivity index (χ3n) is 9.81. The molecule has 1 aromatic carbocycles. The Morgan fingerprint density at radius 1 is 1.03 bits per heavy atom. The van der Waals surface area contributed by atoms with Crippen molar-refractivity contribution in [2.75, 3.05) is 26.8 Å². The van der Waals surface area contributed by atoms with Crippen LogP contribution in [0.4, 0.5) is 0 Å². The molecule has 0 heterocycles. The van der Waals surface area contributed by atoms with Gasteiger partial charge in [0.15, 0.2) is 11.5 Å². The van der Waals surface area contributed by atoms with Crippen molar-refractivity contribution in [3.05, 3.63) is 23.3 Å². The number of ether oxygens (including phenoxy) is 1. The Hall–Kier alpha value is -1.74. The normalized spacial score (nSPS) is 17.3. The number of aromatic hydroxyl groups is 2. The van der Waals surface area contributed by atoms with Crippen molar-refractivity contribution < 1.29 is 20.1 Å². The molecule has 39 heavy (non-hydrogen) atoms. The first-order valence-electron chi connectivity index (χ1n) is 15.1. The van der Waals surface area contributed by atoms with Crippen LogP contribution >= 0.6 is 0 Å². The quantitative estimate of drug-likeness (QED) is 0.150. The van der Waals surface area contributed by atoms with Crippen LogP contribution in [0.15, 0.2) is 12.1 Å². The molecule has 2 unspecified atom stereocenters. The van der Waals surface area contributed by atoms with Gasteiger partial charge in [-0.1, -0.05) is 47.6 Å². The summed E-state index contributed by atoms with van der Waals surface area (Å²) in [4.78, 5) is 2.65. The largest absolute Gasteiger partial charge is 0.504 e. The number of methoxy groups -OCH3 is 1. The van der Waals surface area contributed by atoms with Gasteiger partial charge in [-0.05, 0) is 94.7 Å². The van der Waals surface area contributed by atoms with Crippen LogP contribution in [-0.2, 0) is 16.6 Å². The van der Waals surface area contributed by atoms with Crippen LogP contribution in [0.3, 0.4) is 0 Å². The van der Waals surface area contributed by atoms with Crippen LogP contribution in [0.2, 0.25) is 0 Å². The van der Waals surface area contributed by atoms with E-state index in [-0.39, 0.29) is 28.2 Å². The van der Waals surface area contributed by atoms with Gasteiger partial charge >= 0.3 is 0 Å². The number of rotatable bonds is 16. The van der Waals surface area contributed by atoms with Gasteiger partial charge in [-0.3, -0.25) is 0 Å². The van der Waals surface area contributed by atoms with Crippen molar-refractivity contribution >= 4 is 0 Å². The molecule has 224 valence electrons. The van der Waals surface area contributed by atoms with Crippen molar-refractivity contribution in [3.8, 4) is 24.3 Å². The van der Waals surface area contributed by atoms with E-state index in [2.05, 4.69) is 66.2 Å². The zero-order valence-electron chi connectivity index (χ0n) is 26.5. The molecule has 0 bridgehead atoms. The summed E-state index contributed by atoms with van der Waals surface area (Å²) in [5.74, 6) is 0.908. The number of terminal acetylenes is 1. The Morgan fingerprint density at radius 2 is 1.62 bits per heavy atom. The third kappa shape index (κ3) is 8.87. The van der Waals surface area contributed by atoms with Crippen LogP contribution in [0.1, 0.15) is 111 Å². The van der Waals surface area contributed by atoms with Crippen LogP contribution in [-0.4, -0.2) is 58.7 Å². The molecule has 0 aromatic heterocycles. The fraction of sp³-hybridized carbons (Fsp3) is 0.765. The first-order valence-corrected chi connectivity index (χ1v) is 15.1. The highest BCUT2D eigenvalue weighted by Gasteiger charge is 2.42. The number of nitrogens with zero attached hydrogens (tertiary/aromatic N) is 1. The molecule has 0 saturated heterocycles. The van der Waals surface area contributed by atoms with Gasteiger partial charge in [-0.25, -0.2) is 0 Å². The molecule has 3 atom stereocenters. The number of hydrogen-bond acceptors (Lipinski definition) is 5. The first kappa shape index (κ1) is 35.3. The molecule has 2 rings (SSSR count). The fourth-order valence-corrected chi connectivity index (χ4v) is 6.04. The highest BCUT2D eigenvalue weighted by Crippen LogP contribution is 2.46. The van der Waals surface area contributed by atoms with E-state index in [1.807, 2.05) is 13.0 Å². The maximum Gasteiger partial charge on any atom is 0.161 e. The number of aliphatic hydroxyl groups is 1. The SMILES string of the molecule is C#C.CCc1ccc(O)c(O)c1C(CC)(CC)CCN(CC1CC1)C(C)CCC(COC)[C@](C)(O)C(C)(C)C. The maximum atomic E-state index is 11.4. The van der Waals surface area contributed by atoms with E-state index in [4.69, 9.17) is 4.74 Å². The molecule has 0 spiro atoms. The molecule has 1 aliphatic carbocycles. The minimum Gasteiger partial charge on any atom is -0.504 e. The molecule has 1 fully saturated rings. The lowest BCUT2D eigenvalue weighted by Crippen LogP contribution is -2.49. The summed E-state index contributed by atoms with van der Waals surface area (Å²) in [6.07, 6.45) is 16.2.